The molecule has 1 aromatic heterocycles. The summed E-state index contributed by atoms with van der Waals surface area (Å²) < 4.78 is 5.09. The number of rotatable bonds is 4. The summed E-state index contributed by atoms with van der Waals surface area (Å²) >= 11 is 1.44. The van der Waals surface area contributed by atoms with Gasteiger partial charge in [0, 0.05) is 11.1 Å². The Morgan fingerprint density at radius 1 is 1.42 bits per heavy atom. The van der Waals surface area contributed by atoms with Crippen molar-refractivity contribution >= 4 is 22.5 Å². The maximum atomic E-state index is 11.5. The van der Waals surface area contributed by atoms with E-state index in [0.717, 1.165) is 16.2 Å². The molecule has 6 heteroatoms. The Kier molecular flexibility index (Phi) is 4.01. The minimum Gasteiger partial charge on any atom is -0.497 e. The predicted octanol–water partition coefficient (Wildman–Crippen LogP) is 2.55. The fraction of sp³-hybridized carbons (Fsp3) is 0.231. The average Bonchev–Trinajstić information content (AvgIpc) is 2.82. The monoisotopic (exact) mass is 277 g/mol. The Bertz CT molecular complexity index is 566. The molecule has 0 saturated carbocycles. The zero-order chi connectivity index (χ0) is 13.8. The lowest BCUT2D eigenvalue weighted by molar-refractivity contribution is 0.253. The molecule has 2 aromatic rings. The third-order valence-electron chi connectivity index (χ3n) is 2.61. The van der Waals surface area contributed by atoms with Crippen LogP contribution in [-0.2, 0) is 6.54 Å². The highest BCUT2D eigenvalue weighted by Crippen LogP contribution is 2.23. The minimum atomic E-state index is -0.509. The molecule has 5 nitrogen and oxygen atoms in total. The van der Waals surface area contributed by atoms with Crippen LogP contribution in [0.2, 0.25) is 0 Å². The molecule has 0 aliphatic rings. The molecule has 2 N–H and O–H groups in total. The number of nitrogens with zero attached hydrogens (tertiary/aromatic N) is 2. The fourth-order valence-electron chi connectivity index (χ4n) is 1.62. The summed E-state index contributed by atoms with van der Waals surface area (Å²) in [5, 5.41) is 0.612. The molecule has 0 aliphatic heterocycles. The second-order valence-corrected chi connectivity index (χ2v) is 5.24. The molecule has 0 unspecified atom stereocenters. The van der Waals surface area contributed by atoms with E-state index in [1.807, 2.05) is 31.2 Å². The Morgan fingerprint density at radius 3 is 2.58 bits per heavy atom. The normalized spacial score (nSPS) is 10.2. The number of ether oxygens (including phenoxy) is 1. The number of anilines is 1. The number of primary amides is 1. The number of thiazole rings is 1. The first-order valence-electron chi connectivity index (χ1n) is 5.72. The van der Waals surface area contributed by atoms with Crippen molar-refractivity contribution in [3.63, 3.8) is 0 Å². The van der Waals surface area contributed by atoms with Gasteiger partial charge in [0.2, 0.25) is 0 Å². The lowest BCUT2D eigenvalue weighted by Gasteiger charge is -2.17. The number of amides is 2. The Morgan fingerprint density at radius 2 is 2.11 bits per heavy atom. The van der Waals surface area contributed by atoms with E-state index in [2.05, 4.69) is 4.98 Å². The molecule has 2 rings (SSSR count). The van der Waals surface area contributed by atoms with Gasteiger partial charge in [0.15, 0.2) is 5.13 Å². The number of hydrogen-bond donors (Lipinski definition) is 1. The summed E-state index contributed by atoms with van der Waals surface area (Å²) in [7, 11) is 1.61. The molecule has 19 heavy (non-hydrogen) atoms. The maximum Gasteiger partial charge on any atom is 0.321 e. The quantitative estimate of drug-likeness (QED) is 0.933. The van der Waals surface area contributed by atoms with Gasteiger partial charge >= 0.3 is 6.03 Å². The molecule has 2 amide bonds. The van der Waals surface area contributed by atoms with Crippen molar-refractivity contribution in [2.24, 2.45) is 5.73 Å². The standard InChI is InChI=1S/C13H15N3O2S/c1-9-7-15-13(19-9)16(12(14)17)8-10-3-5-11(18-2)6-4-10/h3-7H,8H2,1-2H3,(H2,14,17). The topological polar surface area (TPSA) is 68.5 Å². The van der Waals surface area contributed by atoms with Crippen molar-refractivity contribution in [1.82, 2.24) is 4.98 Å². The fourth-order valence-corrected chi connectivity index (χ4v) is 2.38. The van der Waals surface area contributed by atoms with Gasteiger partial charge in [-0.1, -0.05) is 12.1 Å². The summed E-state index contributed by atoms with van der Waals surface area (Å²) in [6.45, 7) is 2.33. The van der Waals surface area contributed by atoms with Crippen molar-refractivity contribution in [2.45, 2.75) is 13.5 Å². The van der Waals surface area contributed by atoms with Crippen LogP contribution < -0.4 is 15.4 Å². The lowest BCUT2D eigenvalue weighted by Crippen LogP contribution is -2.35. The van der Waals surface area contributed by atoms with Crippen LogP contribution in [0.3, 0.4) is 0 Å². The van der Waals surface area contributed by atoms with E-state index >= 15 is 0 Å². The molecular weight excluding hydrogens is 262 g/mol. The number of aromatic nitrogens is 1. The van der Waals surface area contributed by atoms with Gasteiger partial charge in [-0.3, -0.25) is 4.90 Å². The molecule has 0 radical (unpaired) electrons. The van der Waals surface area contributed by atoms with Crippen LogP contribution in [0.5, 0.6) is 5.75 Å². The number of aryl methyl sites for hydroxylation is 1. The highest BCUT2D eigenvalue weighted by atomic mass is 32.1. The van der Waals surface area contributed by atoms with Crippen molar-refractivity contribution in [3.05, 3.63) is 40.9 Å². The van der Waals surface area contributed by atoms with Crippen LogP contribution in [0, 0.1) is 6.92 Å². The number of carbonyl (C=O) groups is 1. The number of carbonyl (C=O) groups excluding carboxylic acids is 1. The number of benzene rings is 1. The molecular formula is C13H15N3O2S. The van der Waals surface area contributed by atoms with Crippen LogP contribution in [0.4, 0.5) is 9.93 Å². The summed E-state index contributed by atoms with van der Waals surface area (Å²) in [5.74, 6) is 0.777. The lowest BCUT2D eigenvalue weighted by atomic mass is 10.2. The van der Waals surface area contributed by atoms with Crippen LogP contribution >= 0.6 is 11.3 Å². The molecule has 0 atom stereocenters. The summed E-state index contributed by atoms with van der Waals surface area (Å²) in [4.78, 5) is 18.2. The number of nitrogens with two attached hydrogens (primary N) is 1. The van der Waals surface area contributed by atoms with E-state index in [-0.39, 0.29) is 0 Å². The molecule has 0 fully saturated rings. The van der Waals surface area contributed by atoms with Gasteiger partial charge in [0.1, 0.15) is 5.75 Å². The van der Waals surface area contributed by atoms with Crippen molar-refractivity contribution in [1.29, 1.82) is 0 Å². The van der Waals surface area contributed by atoms with Crippen LogP contribution in [0.1, 0.15) is 10.4 Å². The molecule has 0 spiro atoms. The summed E-state index contributed by atoms with van der Waals surface area (Å²) in [6, 6.07) is 6.98. The van der Waals surface area contributed by atoms with Gasteiger partial charge in [0.25, 0.3) is 0 Å². The van der Waals surface area contributed by atoms with E-state index in [4.69, 9.17) is 10.5 Å². The van der Waals surface area contributed by atoms with Crippen molar-refractivity contribution in [3.8, 4) is 5.75 Å². The van der Waals surface area contributed by atoms with Gasteiger partial charge < -0.3 is 10.5 Å². The first-order valence-corrected chi connectivity index (χ1v) is 6.54. The second kappa shape index (κ2) is 5.71. The third-order valence-corrected chi connectivity index (χ3v) is 3.54. The number of urea groups is 1. The van der Waals surface area contributed by atoms with E-state index in [1.54, 1.807) is 13.3 Å². The van der Waals surface area contributed by atoms with E-state index in [1.165, 1.54) is 16.2 Å². The number of hydrogen-bond acceptors (Lipinski definition) is 4. The van der Waals surface area contributed by atoms with Gasteiger partial charge in [0.05, 0.1) is 13.7 Å². The van der Waals surface area contributed by atoms with Crippen LogP contribution in [-0.4, -0.2) is 18.1 Å². The molecule has 100 valence electrons. The largest absolute Gasteiger partial charge is 0.497 e. The second-order valence-electron chi connectivity index (χ2n) is 4.03. The zero-order valence-corrected chi connectivity index (χ0v) is 11.6. The van der Waals surface area contributed by atoms with Gasteiger partial charge in [-0.15, -0.1) is 11.3 Å². The van der Waals surface area contributed by atoms with Crippen LogP contribution in [0.15, 0.2) is 30.5 Å². The van der Waals surface area contributed by atoms with E-state index < -0.39 is 6.03 Å². The van der Waals surface area contributed by atoms with E-state index in [9.17, 15) is 4.79 Å². The first kappa shape index (κ1) is 13.4. The Labute approximate surface area is 115 Å². The zero-order valence-electron chi connectivity index (χ0n) is 10.8. The molecule has 0 aliphatic carbocycles. The van der Waals surface area contributed by atoms with E-state index in [0.29, 0.717) is 11.7 Å². The molecule has 1 heterocycles. The average molecular weight is 277 g/mol. The molecule has 1 aromatic carbocycles. The van der Waals surface area contributed by atoms with Gasteiger partial charge in [-0.25, -0.2) is 9.78 Å². The Balaban J connectivity index is 2.18. The maximum absolute atomic E-state index is 11.5. The summed E-state index contributed by atoms with van der Waals surface area (Å²) in [6.07, 6.45) is 1.73. The van der Waals surface area contributed by atoms with Crippen molar-refractivity contribution in [2.75, 3.05) is 12.0 Å². The van der Waals surface area contributed by atoms with Gasteiger partial charge in [-0.05, 0) is 24.6 Å². The number of methoxy groups -OCH3 is 1. The first-order chi connectivity index (χ1) is 9.10. The highest BCUT2D eigenvalue weighted by Gasteiger charge is 2.16. The van der Waals surface area contributed by atoms with Crippen molar-refractivity contribution < 1.29 is 9.53 Å². The summed E-state index contributed by atoms with van der Waals surface area (Å²) in [5.41, 5.74) is 6.38. The molecule has 0 saturated heterocycles. The molecule has 0 bridgehead atoms. The highest BCUT2D eigenvalue weighted by molar-refractivity contribution is 7.15. The predicted molar refractivity (Wildman–Crippen MR) is 75.6 cm³/mol. The smallest absolute Gasteiger partial charge is 0.321 e. The SMILES string of the molecule is COc1ccc(CN(C(N)=O)c2ncc(C)s2)cc1. The minimum absolute atomic E-state index is 0.395. The Hall–Kier alpha value is -2.08. The third kappa shape index (κ3) is 3.23. The van der Waals surface area contributed by atoms with Crippen LogP contribution in [0.25, 0.3) is 0 Å². The van der Waals surface area contributed by atoms with Gasteiger partial charge in [-0.2, -0.15) is 0 Å².